The fourth-order valence-electron chi connectivity index (χ4n) is 1.48. The summed E-state index contributed by atoms with van der Waals surface area (Å²) >= 11 is 1.69. The van der Waals surface area contributed by atoms with Crippen LogP contribution in [0.4, 0.5) is 0 Å². The highest BCUT2D eigenvalue weighted by molar-refractivity contribution is 7.11. The molecule has 1 N–H and O–H groups in total. The first-order chi connectivity index (χ1) is 7.16. The van der Waals surface area contributed by atoms with E-state index in [-0.39, 0.29) is 0 Å². The molecular weight excluding hydrogens is 210 g/mol. The van der Waals surface area contributed by atoms with Crippen LogP contribution in [-0.4, -0.2) is 15.6 Å². The number of aromatic nitrogens is 1. The minimum absolute atomic E-state index is 0.334. The molecule has 4 heteroatoms. The molecule has 3 nitrogen and oxygen atoms in total. The second-order valence-corrected chi connectivity index (χ2v) is 4.71. The van der Waals surface area contributed by atoms with Crippen LogP contribution in [0.1, 0.15) is 20.2 Å². The van der Waals surface area contributed by atoms with Gasteiger partial charge in [-0.15, -0.1) is 11.3 Å². The number of hydrogen-bond donors (Lipinski definition) is 1. The molecule has 0 aliphatic carbocycles. The summed E-state index contributed by atoms with van der Waals surface area (Å²) in [5.74, 6) is -0.881. The van der Waals surface area contributed by atoms with E-state index < -0.39 is 5.97 Å². The van der Waals surface area contributed by atoms with Gasteiger partial charge in [0.25, 0.3) is 0 Å². The van der Waals surface area contributed by atoms with E-state index in [1.807, 2.05) is 19.1 Å². The molecule has 78 valence electrons. The molecule has 0 saturated heterocycles. The van der Waals surface area contributed by atoms with E-state index in [1.165, 1.54) is 9.75 Å². The van der Waals surface area contributed by atoms with Crippen LogP contribution in [0.25, 0.3) is 0 Å². The van der Waals surface area contributed by atoms with Crippen LogP contribution in [0.2, 0.25) is 0 Å². The molecule has 0 unspecified atom stereocenters. The van der Waals surface area contributed by atoms with Gasteiger partial charge in [0.1, 0.15) is 5.69 Å². The normalized spacial score (nSPS) is 10.5. The van der Waals surface area contributed by atoms with Crippen LogP contribution in [-0.2, 0) is 6.54 Å². The fourth-order valence-corrected chi connectivity index (χ4v) is 2.37. The van der Waals surface area contributed by atoms with E-state index in [0.29, 0.717) is 12.2 Å². The van der Waals surface area contributed by atoms with Gasteiger partial charge in [-0.05, 0) is 31.2 Å². The molecule has 2 aromatic heterocycles. The Morgan fingerprint density at radius 3 is 2.87 bits per heavy atom. The lowest BCUT2D eigenvalue weighted by atomic mass is 10.4. The number of carbonyl (C=O) groups is 1. The number of aromatic carboxylic acids is 1. The van der Waals surface area contributed by atoms with Crippen molar-refractivity contribution in [2.75, 3.05) is 0 Å². The van der Waals surface area contributed by atoms with Crippen LogP contribution in [0.15, 0.2) is 30.5 Å². The van der Waals surface area contributed by atoms with Crippen molar-refractivity contribution in [3.63, 3.8) is 0 Å². The van der Waals surface area contributed by atoms with Crippen molar-refractivity contribution in [1.29, 1.82) is 0 Å². The molecular formula is C11H11NO2S. The summed E-state index contributed by atoms with van der Waals surface area (Å²) in [4.78, 5) is 13.3. The first-order valence-electron chi connectivity index (χ1n) is 4.60. The largest absolute Gasteiger partial charge is 0.477 e. The fraction of sp³-hybridized carbons (Fsp3) is 0.182. The number of thiophene rings is 1. The summed E-state index contributed by atoms with van der Waals surface area (Å²) in [7, 11) is 0. The highest BCUT2D eigenvalue weighted by Gasteiger charge is 2.09. The molecule has 0 radical (unpaired) electrons. The summed E-state index contributed by atoms with van der Waals surface area (Å²) in [6, 6.07) is 7.45. The zero-order valence-corrected chi connectivity index (χ0v) is 9.12. The third-order valence-corrected chi connectivity index (χ3v) is 3.16. The minimum atomic E-state index is -0.881. The van der Waals surface area contributed by atoms with Crippen LogP contribution >= 0.6 is 11.3 Å². The Kier molecular flexibility index (Phi) is 2.60. The van der Waals surface area contributed by atoms with Gasteiger partial charge in [0, 0.05) is 16.0 Å². The lowest BCUT2D eigenvalue weighted by Crippen LogP contribution is -2.07. The zero-order valence-electron chi connectivity index (χ0n) is 8.30. The predicted molar refractivity (Wildman–Crippen MR) is 59.5 cm³/mol. The van der Waals surface area contributed by atoms with Crippen LogP contribution in [0, 0.1) is 6.92 Å². The Bertz CT molecular complexity index is 484. The van der Waals surface area contributed by atoms with E-state index in [4.69, 9.17) is 5.11 Å². The highest BCUT2D eigenvalue weighted by atomic mass is 32.1. The van der Waals surface area contributed by atoms with Crippen molar-refractivity contribution in [3.8, 4) is 0 Å². The number of carboxylic acids is 1. The van der Waals surface area contributed by atoms with E-state index >= 15 is 0 Å². The Morgan fingerprint density at radius 2 is 2.27 bits per heavy atom. The van der Waals surface area contributed by atoms with Gasteiger partial charge in [0.15, 0.2) is 0 Å². The van der Waals surface area contributed by atoms with E-state index in [1.54, 1.807) is 34.2 Å². The molecule has 2 heterocycles. The first-order valence-corrected chi connectivity index (χ1v) is 5.42. The van der Waals surface area contributed by atoms with Crippen LogP contribution in [0.5, 0.6) is 0 Å². The van der Waals surface area contributed by atoms with Gasteiger partial charge < -0.3 is 9.67 Å². The van der Waals surface area contributed by atoms with E-state index in [2.05, 4.69) is 0 Å². The molecule has 0 atom stereocenters. The minimum Gasteiger partial charge on any atom is -0.477 e. The van der Waals surface area contributed by atoms with Gasteiger partial charge in [0.05, 0.1) is 6.54 Å². The standard InChI is InChI=1S/C11H11NO2S/c1-8-4-5-9(15-8)7-12-6-2-3-10(12)11(13)14/h2-6H,7H2,1H3,(H,13,14). The molecule has 0 bridgehead atoms. The number of aryl methyl sites for hydroxylation is 1. The molecule has 0 aromatic carbocycles. The van der Waals surface area contributed by atoms with Crippen molar-refractivity contribution in [1.82, 2.24) is 4.57 Å². The Labute approximate surface area is 91.6 Å². The van der Waals surface area contributed by atoms with Crippen molar-refractivity contribution in [2.24, 2.45) is 0 Å². The third-order valence-electron chi connectivity index (χ3n) is 2.17. The van der Waals surface area contributed by atoms with Gasteiger partial charge in [-0.3, -0.25) is 0 Å². The number of carboxylic acid groups (broad SMARTS) is 1. The molecule has 2 rings (SSSR count). The molecule has 0 aliphatic heterocycles. The molecule has 0 fully saturated rings. The van der Waals surface area contributed by atoms with Crippen LogP contribution in [0.3, 0.4) is 0 Å². The lowest BCUT2D eigenvalue weighted by Gasteiger charge is -2.03. The smallest absolute Gasteiger partial charge is 0.352 e. The molecule has 0 saturated carbocycles. The van der Waals surface area contributed by atoms with Crippen LogP contribution < -0.4 is 0 Å². The number of nitrogens with zero attached hydrogens (tertiary/aromatic N) is 1. The SMILES string of the molecule is Cc1ccc(Cn2cccc2C(=O)O)s1. The van der Waals surface area contributed by atoms with Crippen molar-refractivity contribution < 1.29 is 9.90 Å². The highest BCUT2D eigenvalue weighted by Crippen LogP contribution is 2.17. The van der Waals surface area contributed by atoms with Gasteiger partial charge in [0.2, 0.25) is 0 Å². The van der Waals surface area contributed by atoms with Gasteiger partial charge >= 0.3 is 5.97 Å². The van der Waals surface area contributed by atoms with Gasteiger partial charge in [-0.1, -0.05) is 0 Å². The Hall–Kier alpha value is -1.55. The van der Waals surface area contributed by atoms with Crippen molar-refractivity contribution in [2.45, 2.75) is 13.5 Å². The number of hydrogen-bond acceptors (Lipinski definition) is 2. The predicted octanol–water partition coefficient (Wildman–Crippen LogP) is 2.60. The third kappa shape index (κ3) is 2.10. The number of rotatable bonds is 3. The molecule has 0 amide bonds. The zero-order chi connectivity index (χ0) is 10.8. The quantitative estimate of drug-likeness (QED) is 0.865. The Morgan fingerprint density at radius 1 is 1.47 bits per heavy atom. The summed E-state index contributed by atoms with van der Waals surface area (Å²) < 4.78 is 1.74. The maximum Gasteiger partial charge on any atom is 0.352 e. The lowest BCUT2D eigenvalue weighted by molar-refractivity contribution is 0.0686. The van der Waals surface area contributed by atoms with Gasteiger partial charge in [-0.2, -0.15) is 0 Å². The molecule has 0 spiro atoms. The summed E-state index contributed by atoms with van der Waals surface area (Å²) in [6.45, 7) is 2.68. The topological polar surface area (TPSA) is 42.2 Å². The summed E-state index contributed by atoms with van der Waals surface area (Å²) in [6.07, 6.45) is 1.79. The molecule has 15 heavy (non-hydrogen) atoms. The average molecular weight is 221 g/mol. The van der Waals surface area contributed by atoms with Gasteiger partial charge in [-0.25, -0.2) is 4.79 Å². The maximum absolute atomic E-state index is 10.9. The maximum atomic E-state index is 10.9. The average Bonchev–Trinajstić information content (AvgIpc) is 2.75. The molecule has 0 aliphatic rings. The van der Waals surface area contributed by atoms with Crippen molar-refractivity contribution in [3.05, 3.63) is 45.9 Å². The van der Waals surface area contributed by atoms with Crippen molar-refractivity contribution >= 4 is 17.3 Å². The second kappa shape index (κ2) is 3.90. The monoisotopic (exact) mass is 221 g/mol. The summed E-state index contributed by atoms with van der Waals surface area (Å²) in [5.41, 5.74) is 0.334. The summed E-state index contributed by atoms with van der Waals surface area (Å²) in [5, 5.41) is 8.92. The second-order valence-electron chi connectivity index (χ2n) is 3.34. The first kappa shape index (κ1) is 9.98. The van der Waals surface area contributed by atoms with E-state index in [9.17, 15) is 4.79 Å². The Balaban J connectivity index is 2.24. The van der Waals surface area contributed by atoms with E-state index in [0.717, 1.165) is 0 Å². The molecule has 2 aromatic rings.